The summed E-state index contributed by atoms with van der Waals surface area (Å²) in [6.45, 7) is 8.40. The number of hydrogen-bond donors (Lipinski definition) is 3. The monoisotopic (exact) mass is 646 g/mol. The molecule has 4 aliphatic carbocycles. The van der Waals surface area contributed by atoms with E-state index in [0.29, 0.717) is 12.0 Å². The van der Waals surface area contributed by atoms with E-state index in [2.05, 4.69) is 0 Å². The van der Waals surface area contributed by atoms with Crippen LogP contribution in [0.3, 0.4) is 0 Å². The minimum absolute atomic E-state index is 0.0656. The zero-order valence-corrected chi connectivity index (χ0v) is 26.8. The van der Waals surface area contributed by atoms with Crippen LogP contribution in [0.15, 0.2) is 24.0 Å². The quantitative estimate of drug-likeness (QED) is 0.217. The average Bonchev–Trinajstić information content (AvgIpc) is 3.53. The molecule has 7 fully saturated rings. The molecule has 3 saturated heterocycles. The van der Waals surface area contributed by atoms with Crippen molar-refractivity contribution >= 4 is 17.9 Å². The number of aliphatic hydroxyl groups is 3. The average molecular weight is 647 g/mol. The van der Waals surface area contributed by atoms with Crippen molar-refractivity contribution in [3.8, 4) is 0 Å². The van der Waals surface area contributed by atoms with E-state index in [1.165, 1.54) is 13.2 Å². The van der Waals surface area contributed by atoms with Crippen LogP contribution in [0.1, 0.15) is 47.5 Å². The topological polar surface area (TPSA) is 177 Å². The van der Waals surface area contributed by atoms with Crippen molar-refractivity contribution in [1.82, 2.24) is 0 Å². The van der Waals surface area contributed by atoms with Gasteiger partial charge in [0.2, 0.25) is 6.29 Å². The highest BCUT2D eigenvalue weighted by Crippen LogP contribution is 2.93. The molecule has 0 aromatic carbocycles. The smallest absolute Gasteiger partial charge is 0.366 e. The summed E-state index contributed by atoms with van der Waals surface area (Å²) in [7, 11) is 1.15. The molecule has 0 aromatic heterocycles. The van der Waals surface area contributed by atoms with Gasteiger partial charge in [-0.25, -0.2) is 9.59 Å². The molecule has 252 valence electrons. The highest BCUT2D eigenvalue weighted by molar-refractivity contribution is 5.88. The maximum atomic E-state index is 13.7. The second-order valence-electron chi connectivity index (χ2n) is 15.2. The Labute approximate surface area is 266 Å². The molecule has 1 spiro atoms. The Morgan fingerprint density at radius 1 is 1.11 bits per heavy atom. The third-order valence-electron chi connectivity index (χ3n) is 13.9. The van der Waals surface area contributed by atoms with Gasteiger partial charge in [-0.15, -0.1) is 0 Å². The van der Waals surface area contributed by atoms with Gasteiger partial charge in [-0.2, -0.15) is 0 Å². The van der Waals surface area contributed by atoms with Crippen LogP contribution in [-0.2, 0) is 47.5 Å². The van der Waals surface area contributed by atoms with Crippen molar-refractivity contribution in [2.45, 2.75) is 95.7 Å². The summed E-state index contributed by atoms with van der Waals surface area (Å²) >= 11 is 0. The number of hydrogen-bond acceptors (Lipinski definition) is 13. The lowest BCUT2D eigenvalue weighted by atomic mass is 9.36. The van der Waals surface area contributed by atoms with Gasteiger partial charge in [0.1, 0.15) is 12.2 Å². The minimum atomic E-state index is -2.55. The number of aliphatic hydroxyl groups excluding tert-OH is 1. The number of methoxy groups -OCH3 is 1. The molecule has 0 radical (unpaired) electrons. The first-order valence-electron chi connectivity index (χ1n) is 16.1. The molecule has 4 aliphatic heterocycles. The van der Waals surface area contributed by atoms with Crippen LogP contribution in [-0.4, -0.2) is 102 Å². The van der Waals surface area contributed by atoms with Crippen LogP contribution in [0.5, 0.6) is 0 Å². The van der Waals surface area contributed by atoms with Gasteiger partial charge in [-0.1, -0.05) is 19.9 Å². The third-order valence-corrected chi connectivity index (χ3v) is 13.9. The fraction of sp³-hybridized carbons (Fsp3) is 0.788. The van der Waals surface area contributed by atoms with E-state index in [-0.39, 0.29) is 25.6 Å². The number of ether oxygens (including phenoxy) is 7. The molecule has 4 heterocycles. The van der Waals surface area contributed by atoms with Gasteiger partial charge in [-0.3, -0.25) is 4.79 Å². The molecule has 13 heteroatoms. The Morgan fingerprint density at radius 3 is 2.52 bits per heavy atom. The van der Waals surface area contributed by atoms with E-state index in [4.69, 9.17) is 33.2 Å². The number of allylic oxidation sites excluding steroid dienone is 1. The van der Waals surface area contributed by atoms with Gasteiger partial charge in [0, 0.05) is 58.8 Å². The minimum Gasteiger partial charge on any atom is -0.469 e. The lowest BCUT2D eigenvalue weighted by Crippen LogP contribution is -2.77. The molecule has 8 aliphatic rings. The number of esters is 3. The summed E-state index contributed by atoms with van der Waals surface area (Å²) in [5.41, 5.74) is -5.15. The van der Waals surface area contributed by atoms with Gasteiger partial charge >= 0.3 is 17.9 Å². The lowest BCUT2D eigenvalue weighted by molar-refractivity contribution is -0.319. The third kappa shape index (κ3) is 3.08. The Kier molecular flexibility index (Phi) is 6.10. The van der Waals surface area contributed by atoms with Crippen molar-refractivity contribution in [3.63, 3.8) is 0 Å². The molecule has 4 unspecified atom stereocenters. The van der Waals surface area contributed by atoms with Crippen LogP contribution in [0, 0.1) is 45.3 Å². The highest BCUT2D eigenvalue weighted by Gasteiger charge is 2.98. The molecule has 46 heavy (non-hydrogen) atoms. The van der Waals surface area contributed by atoms with Crippen molar-refractivity contribution in [1.29, 1.82) is 0 Å². The van der Waals surface area contributed by atoms with Crippen LogP contribution < -0.4 is 0 Å². The molecular weight excluding hydrogens is 604 g/mol. The molecule has 16 atom stereocenters. The Hall–Kier alpha value is -2.55. The number of carbonyl (C=O) groups excluding carboxylic acids is 3. The maximum absolute atomic E-state index is 13.7. The van der Waals surface area contributed by atoms with Gasteiger partial charge in [-0.05, 0) is 31.8 Å². The number of fused-ring (bicyclic) bond motifs is 6. The fourth-order valence-corrected chi connectivity index (χ4v) is 12.2. The van der Waals surface area contributed by atoms with E-state index >= 15 is 0 Å². The molecule has 8 rings (SSSR count). The van der Waals surface area contributed by atoms with Crippen LogP contribution in [0.4, 0.5) is 0 Å². The molecule has 0 bridgehead atoms. The summed E-state index contributed by atoms with van der Waals surface area (Å²) in [4.78, 5) is 39.4. The Balaban J connectivity index is 1.33. The maximum Gasteiger partial charge on any atom is 0.366 e. The Bertz CT molecular complexity index is 1480. The zero-order valence-electron chi connectivity index (χ0n) is 26.8. The van der Waals surface area contributed by atoms with Crippen LogP contribution >= 0.6 is 0 Å². The lowest BCUT2D eigenvalue weighted by Gasteiger charge is -2.68. The first-order chi connectivity index (χ1) is 21.6. The Morgan fingerprint density at radius 2 is 1.85 bits per heavy atom. The van der Waals surface area contributed by atoms with Crippen molar-refractivity contribution in [2.24, 2.45) is 45.3 Å². The second kappa shape index (κ2) is 9.12. The van der Waals surface area contributed by atoms with E-state index < -0.39 is 106 Å². The molecule has 4 saturated carbocycles. The predicted octanol–water partition coefficient (Wildman–Crippen LogP) is 0.732. The molecule has 0 amide bonds. The largest absolute Gasteiger partial charge is 0.469 e. The summed E-state index contributed by atoms with van der Waals surface area (Å²) in [6.07, 6.45) is -0.164. The molecule has 0 aromatic rings. The van der Waals surface area contributed by atoms with Gasteiger partial charge in [0.15, 0.2) is 5.60 Å². The number of rotatable bonds is 5. The van der Waals surface area contributed by atoms with Crippen LogP contribution in [0.2, 0.25) is 0 Å². The van der Waals surface area contributed by atoms with E-state index in [1.807, 2.05) is 13.8 Å². The van der Waals surface area contributed by atoms with E-state index in [0.717, 1.165) is 7.11 Å². The first kappa shape index (κ1) is 30.8. The summed E-state index contributed by atoms with van der Waals surface area (Å²) in [6, 6.07) is 0. The van der Waals surface area contributed by atoms with Gasteiger partial charge in [0.25, 0.3) is 5.79 Å². The van der Waals surface area contributed by atoms with Gasteiger partial charge in [0.05, 0.1) is 44.9 Å². The van der Waals surface area contributed by atoms with Crippen molar-refractivity contribution < 1.29 is 62.9 Å². The summed E-state index contributed by atoms with van der Waals surface area (Å²) < 4.78 is 41.9. The predicted molar refractivity (Wildman–Crippen MR) is 152 cm³/mol. The first-order valence-corrected chi connectivity index (χ1v) is 16.1. The fourth-order valence-electron chi connectivity index (χ4n) is 12.2. The summed E-state index contributed by atoms with van der Waals surface area (Å²) in [5, 5.41) is 36.8. The van der Waals surface area contributed by atoms with E-state index in [1.54, 1.807) is 26.0 Å². The molecular formula is C33H42O13. The normalized spacial score (nSPS) is 56.8. The van der Waals surface area contributed by atoms with Crippen molar-refractivity contribution in [2.75, 3.05) is 20.3 Å². The number of carbonyl (C=O) groups is 3. The molecule has 3 N–H and O–H groups in total. The van der Waals surface area contributed by atoms with Crippen LogP contribution in [0.25, 0.3) is 0 Å². The molecule has 13 nitrogen and oxygen atoms in total. The summed E-state index contributed by atoms with van der Waals surface area (Å²) in [5.74, 6) is -7.37. The van der Waals surface area contributed by atoms with Gasteiger partial charge < -0.3 is 48.5 Å². The van der Waals surface area contributed by atoms with E-state index in [9.17, 15) is 29.7 Å². The zero-order chi connectivity index (χ0) is 33.0. The van der Waals surface area contributed by atoms with Crippen molar-refractivity contribution in [3.05, 3.63) is 24.0 Å². The highest BCUT2D eigenvalue weighted by atomic mass is 16.7. The standard InChI is InChI=1S/C33H42O13/c1-7-14(2)24(36)45-18-10-17(44-15(3)34)16-11-42-20-19(16)30(18)13-43-33(39,26(37)40-6)25(30)29(5,22(20)35)32-12-28(32,4)21-23(32)46-27-31(21,38)8-9-41-27/h7-9,16-23,25,27,35,38-39H,10-13H2,1-6H3/b14-7+/t16?,17-,18+,19-,20-,21?,22-,23?,25?,27+,28+,29-,30+,31+,32+,33+/m1/s1. The SMILES string of the molecule is C/C=C(\C)C(=O)O[C@H]1C[C@@H](OC(C)=O)C2CO[C@@H]3[C@@H]2[C@]12CO[C@](O)(C(=O)OC)C2[C@](C)([C@]12C[C@@]1(C)C1C2O[C@@H]2OC=C[C@]12O)[C@@H]3O. The second-order valence-corrected chi connectivity index (χ2v) is 15.2.